The second kappa shape index (κ2) is 5.91. The van der Waals surface area contributed by atoms with E-state index >= 15 is 0 Å². The summed E-state index contributed by atoms with van der Waals surface area (Å²) < 4.78 is 22.0. The molecule has 1 heterocycles. The van der Waals surface area contributed by atoms with Gasteiger partial charge < -0.3 is 29.8 Å². The number of nitrogens with one attached hydrogen (secondary N) is 1. The van der Waals surface area contributed by atoms with Gasteiger partial charge >= 0.3 is 15.2 Å². The molecule has 0 aromatic rings. The molecule has 1 aliphatic heterocycles. The van der Waals surface area contributed by atoms with Crippen LogP contribution in [0.1, 0.15) is 6.42 Å². The third kappa shape index (κ3) is 5.16. The molecule has 0 spiro atoms. The van der Waals surface area contributed by atoms with Crippen molar-refractivity contribution in [2.45, 2.75) is 11.8 Å². The zero-order chi connectivity index (χ0) is 13.1. The van der Waals surface area contributed by atoms with Crippen LogP contribution in [0.3, 0.4) is 0 Å². The lowest BCUT2D eigenvalue weighted by atomic mass is 10.3. The molecule has 0 aromatic carbocycles. The van der Waals surface area contributed by atoms with E-state index in [0.717, 1.165) is 26.2 Å². The molecule has 5 N–H and O–H groups in total. The van der Waals surface area contributed by atoms with E-state index in [4.69, 9.17) is 19.6 Å². The van der Waals surface area contributed by atoms with Crippen LogP contribution in [0.15, 0.2) is 0 Å². The average molecular weight is 288 g/mol. The Labute approximate surface area is 99.3 Å². The van der Waals surface area contributed by atoms with Gasteiger partial charge in [0.05, 0.1) is 0 Å². The molecule has 10 heteroatoms. The fourth-order valence-corrected chi connectivity index (χ4v) is 4.24. The molecule has 1 saturated heterocycles. The first-order valence-electron chi connectivity index (χ1n) is 5.25. The highest BCUT2D eigenvalue weighted by Crippen LogP contribution is 2.61. The van der Waals surface area contributed by atoms with Crippen molar-refractivity contribution in [3.8, 4) is 0 Å². The van der Waals surface area contributed by atoms with E-state index in [2.05, 4.69) is 5.32 Å². The molecule has 0 radical (unpaired) electrons. The lowest BCUT2D eigenvalue weighted by molar-refractivity contribution is 0.235. The molecule has 0 aromatic heterocycles. The summed E-state index contributed by atoms with van der Waals surface area (Å²) in [6.07, 6.45) is -0.200. The van der Waals surface area contributed by atoms with Crippen molar-refractivity contribution in [2.24, 2.45) is 0 Å². The molecular weight excluding hydrogens is 270 g/mol. The monoisotopic (exact) mass is 288 g/mol. The van der Waals surface area contributed by atoms with Crippen LogP contribution in [0.25, 0.3) is 0 Å². The minimum Gasteiger partial charge on any atom is -0.324 e. The number of nitrogens with zero attached hydrogens (tertiary/aromatic N) is 1. The fraction of sp³-hybridized carbons (Fsp3) is 1.00. The van der Waals surface area contributed by atoms with Crippen LogP contribution in [0.5, 0.6) is 0 Å². The Morgan fingerprint density at radius 3 is 1.94 bits per heavy atom. The Morgan fingerprint density at radius 1 is 1.06 bits per heavy atom. The third-order valence-electron chi connectivity index (χ3n) is 2.69. The van der Waals surface area contributed by atoms with E-state index in [1.165, 1.54) is 0 Å². The van der Waals surface area contributed by atoms with Gasteiger partial charge in [0.1, 0.15) is 0 Å². The van der Waals surface area contributed by atoms with Crippen molar-refractivity contribution in [1.82, 2.24) is 10.2 Å². The molecule has 102 valence electrons. The first-order chi connectivity index (χ1) is 7.71. The third-order valence-corrected chi connectivity index (χ3v) is 6.56. The second-order valence-corrected chi connectivity index (χ2v) is 8.05. The van der Waals surface area contributed by atoms with Crippen molar-refractivity contribution < 1.29 is 28.7 Å². The highest BCUT2D eigenvalue weighted by atomic mass is 31.2. The number of hydrogen-bond donors (Lipinski definition) is 5. The largest absolute Gasteiger partial charge is 0.340 e. The van der Waals surface area contributed by atoms with Gasteiger partial charge in [-0.2, -0.15) is 0 Å². The van der Waals surface area contributed by atoms with Crippen LogP contribution in [-0.2, 0) is 9.13 Å². The van der Waals surface area contributed by atoms with Gasteiger partial charge in [-0.05, 0) is 13.0 Å². The van der Waals surface area contributed by atoms with Crippen LogP contribution in [-0.4, -0.2) is 62.6 Å². The molecule has 0 bridgehead atoms. The van der Waals surface area contributed by atoms with Crippen LogP contribution in [0.4, 0.5) is 0 Å². The quantitative estimate of drug-likeness (QED) is 0.406. The van der Waals surface area contributed by atoms with E-state index in [0.29, 0.717) is 0 Å². The van der Waals surface area contributed by atoms with Crippen molar-refractivity contribution in [3.63, 3.8) is 0 Å². The van der Waals surface area contributed by atoms with Crippen LogP contribution >= 0.6 is 15.2 Å². The molecule has 1 fully saturated rings. The average Bonchev–Trinajstić information content (AvgIpc) is 2.15. The van der Waals surface area contributed by atoms with Crippen LogP contribution in [0.2, 0.25) is 0 Å². The van der Waals surface area contributed by atoms with E-state index < -0.39 is 20.6 Å². The number of piperazine rings is 1. The van der Waals surface area contributed by atoms with Crippen molar-refractivity contribution >= 4 is 15.2 Å². The predicted molar refractivity (Wildman–Crippen MR) is 61.8 cm³/mol. The molecule has 1 aliphatic rings. The van der Waals surface area contributed by atoms with Crippen molar-refractivity contribution in [2.75, 3.05) is 32.7 Å². The normalized spacial score (nSPS) is 19.8. The summed E-state index contributed by atoms with van der Waals surface area (Å²) in [6.45, 7) is 3.26. The van der Waals surface area contributed by atoms with Gasteiger partial charge in [-0.15, -0.1) is 0 Å². The molecule has 0 atom stereocenters. The Bertz CT molecular complexity index is 311. The summed E-state index contributed by atoms with van der Waals surface area (Å²) in [4.78, 5) is 37.6. The summed E-state index contributed by atoms with van der Waals surface area (Å²) >= 11 is 0. The van der Waals surface area contributed by atoms with E-state index in [1.807, 2.05) is 4.90 Å². The SMILES string of the molecule is O=P(O)(O)C(CCN1CCNCC1)P(=O)(O)O. The lowest BCUT2D eigenvalue weighted by Crippen LogP contribution is -2.44. The van der Waals surface area contributed by atoms with E-state index in [9.17, 15) is 9.13 Å². The number of hydrogen-bond acceptors (Lipinski definition) is 4. The van der Waals surface area contributed by atoms with Crippen molar-refractivity contribution in [3.05, 3.63) is 0 Å². The summed E-state index contributed by atoms with van der Waals surface area (Å²) in [5.41, 5.74) is 0. The van der Waals surface area contributed by atoms with Gasteiger partial charge in [0.2, 0.25) is 0 Å². The highest BCUT2D eigenvalue weighted by molar-refractivity contribution is 7.70. The van der Waals surface area contributed by atoms with Gasteiger partial charge in [0, 0.05) is 26.2 Å². The maximum absolute atomic E-state index is 11.0. The molecular formula is C7H18N2O6P2. The van der Waals surface area contributed by atoms with Crippen LogP contribution < -0.4 is 5.32 Å². The van der Waals surface area contributed by atoms with E-state index in [1.54, 1.807) is 0 Å². The van der Waals surface area contributed by atoms with Gasteiger partial charge in [0.15, 0.2) is 5.40 Å². The molecule has 0 amide bonds. The Kier molecular flexibility index (Phi) is 5.31. The Hall–Kier alpha value is 0.220. The summed E-state index contributed by atoms with van der Waals surface area (Å²) in [6, 6.07) is 0. The molecule has 0 unspecified atom stereocenters. The summed E-state index contributed by atoms with van der Waals surface area (Å²) in [7, 11) is -9.54. The minimum absolute atomic E-state index is 0.200. The molecule has 1 rings (SSSR count). The van der Waals surface area contributed by atoms with Gasteiger partial charge in [0.25, 0.3) is 0 Å². The summed E-state index contributed by atoms with van der Waals surface area (Å²) in [5.74, 6) is 0. The molecule has 0 saturated carbocycles. The van der Waals surface area contributed by atoms with Gasteiger partial charge in [-0.25, -0.2) is 0 Å². The van der Waals surface area contributed by atoms with Gasteiger partial charge in [-0.1, -0.05) is 0 Å². The molecule has 8 nitrogen and oxygen atoms in total. The standard InChI is InChI=1S/C7H18N2O6P2/c10-16(11,12)7(17(13,14)15)1-4-9-5-2-8-3-6-9/h7-8H,1-6H2,(H2,10,11,12)(H2,13,14,15). The van der Waals surface area contributed by atoms with Crippen LogP contribution in [0, 0.1) is 0 Å². The number of rotatable bonds is 5. The fourth-order valence-electron chi connectivity index (χ4n) is 1.77. The zero-order valence-electron chi connectivity index (χ0n) is 9.27. The maximum atomic E-state index is 11.0. The Morgan fingerprint density at radius 2 is 1.53 bits per heavy atom. The minimum atomic E-state index is -4.77. The maximum Gasteiger partial charge on any atom is 0.340 e. The topological polar surface area (TPSA) is 130 Å². The van der Waals surface area contributed by atoms with Gasteiger partial charge in [-0.3, -0.25) is 9.13 Å². The molecule has 17 heavy (non-hydrogen) atoms. The smallest absolute Gasteiger partial charge is 0.324 e. The highest BCUT2D eigenvalue weighted by Gasteiger charge is 2.42. The van der Waals surface area contributed by atoms with Crippen molar-refractivity contribution in [1.29, 1.82) is 0 Å². The lowest BCUT2D eigenvalue weighted by Gasteiger charge is -2.29. The predicted octanol–water partition coefficient (Wildman–Crippen LogP) is -1.04. The Balaban J connectivity index is 2.56. The summed E-state index contributed by atoms with van der Waals surface area (Å²) in [5, 5.41) is 1.23. The second-order valence-electron chi connectivity index (χ2n) is 4.04. The molecule has 0 aliphatic carbocycles. The van der Waals surface area contributed by atoms with E-state index in [-0.39, 0.29) is 13.0 Å². The first kappa shape index (κ1) is 15.3. The first-order valence-corrected chi connectivity index (χ1v) is 8.61. The zero-order valence-corrected chi connectivity index (χ0v) is 11.1.